The van der Waals surface area contributed by atoms with Crippen molar-refractivity contribution in [3.63, 3.8) is 0 Å². The molecule has 2 N–H and O–H groups in total. The molecule has 0 radical (unpaired) electrons. The summed E-state index contributed by atoms with van der Waals surface area (Å²) in [5.41, 5.74) is 2.52. The second kappa shape index (κ2) is 7.25. The molecule has 5 nitrogen and oxygen atoms in total. The van der Waals surface area contributed by atoms with E-state index in [1.54, 1.807) is 32.3 Å². The molecule has 0 aliphatic heterocycles. The lowest BCUT2D eigenvalue weighted by Gasteiger charge is -2.23. The largest absolute Gasteiger partial charge is 0.351 e. The van der Waals surface area contributed by atoms with E-state index in [9.17, 15) is 9.59 Å². The second-order valence-corrected chi connectivity index (χ2v) is 6.44. The average molecular weight is 325 g/mol. The molecule has 24 heavy (non-hydrogen) atoms. The molecule has 0 spiro atoms. The average Bonchev–Trinajstić information content (AvgIpc) is 2.55. The summed E-state index contributed by atoms with van der Waals surface area (Å²) in [5, 5.41) is 5.63. The van der Waals surface area contributed by atoms with E-state index < -0.39 is 5.41 Å². The molecule has 1 heterocycles. The highest BCUT2D eigenvalue weighted by atomic mass is 16.2. The van der Waals surface area contributed by atoms with Crippen molar-refractivity contribution < 1.29 is 9.59 Å². The van der Waals surface area contributed by atoms with E-state index in [4.69, 9.17) is 0 Å². The minimum absolute atomic E-state index is 0.325. The molecule has 1 aromatic heterocycles. The van der Waals surface area contributed by atoms with E-state index in [2.05, 4.69) is 15.6 Å². The van der Waals surface area contributed by atoms with Gasteiger partial charge in [0, 0.05) is 24.6 Å². The molecule has 0 saturated carbocycles. The molecule has 2 aromatic rings. The third kappa shape index (κ3) is 4.19. The highest BCUT2D eigenvalue weighted by Gasteiger charge is 2.36. The van der Waals surface area contributed by atoms with Gasteiger partial charge in [0.25, 0.3) is 0 Å². The summed E-state index contributed by atoms with van der Waals surface area (Å²) >= 11 is 0. The van der Waals surface area contributed by atoms with Gasteiger partial charge in [-0.05, 0) is 51.0 Å². The van der Waals surface area contributed by atoms with Gasteiger partial charge in [-0.25, -0.2) is 0 Å². The molecule has 5 heteroatoms. The first-order valence-corrected chi connectivity index (χ1v) is 7.86. The summed E-state index contributed by atoms with van der Waals surface area (Å²) in [6.45, 7) is 7.49. The van der Waals surface area contributed by atoms with Crippen LogP contribution in [0.25, 0.3) is 0 Å². The second-order valence-electron chi connectivity index (χ2n) is 6.44. The van der Waals surface area contributed by atoms with Crippen molar-refractivity contribution in [2.24, 2.45) is 5.41 Å². The maximum Gasteiger partial charge on any atom is 0.239 e. The number of carbonyl (C=O) groups excluding carboxylic acids is 2. The molecular formula is C19H23N3O2. The number of hydrogen-bond acceptors (Lipinski definition) is 3. The first kappa shape index (κ1) is 17.7. The van der Waals surface area contributed by atoms with Crippen molar-refractivity contribution in [1.29, 1.82) is 0 Å². The predicted octanol–water partition coefficient (Wildman–Crippen LogP) is 2.98. The zero-order valence-corrected chi connectivity index (χ0v) is 14.5. The van der Waals surface area contributed by atoms with Gasteiger partial charge < -0.3 is 10.6 Å². The Morgan fingerprint density at radius 2 is 1.88 bits per heavy atom. The van der Waals surface area contributed by atoms with Gasteiger partial charge in [0.05, 0.1) is 0 Å². The molecule has 0 fully saturated rings. The summed E-state index contributed by atoms with van der Waals surface area (Å²) < 4.78 is 0. The number of aryl methyl sites for hydroxylation is 2. The molecule has 126 valence electrons. The number of carbonyl (C=O) groups is 2. The third-order valence-corrected chi connectivity index (χ3v) is 3.94. The lowest BCUT2D eigenvalue weighted by atomic mass is 9.90. The summed E-state index contributed by atoms with van der Waals surface area (Å²) in [6.07, 6.45) is 3.36. The van der Waals surface area contributed by atoms with Crippen LogP contribution in [-0.2, 0) is 16.1 Å². The predicted molar refractivity (Wildman–Crippen MR) is 94.4 cm³/mol. The Bertz CT molecular complexity index is 740. The molecule has 2 rings (SSSR count). The number of pyridine rings is 1. The van der Waals surface area contributed by atoms with Gasteiger partial charge in [-0.1, -0.05) is 23.8 Å². The summed E-state index contributed by atoms with van der Waals surface area (Å²) in [7, 11) is 0. The molecule has 0 bridgehead atoms. The van der Waals surface area contributed by atoms with Crippen molar-refractivity contribution in [3.05, 3.63) is 59.4 Å². The Hall–Kier alpha value is -2.69. The normalized spacial score (nSPS) is 11.0. The maximum atomic E-state index is 12.5. The highest BCUT2D eigenvalue weighted by Crippen LogP contribution is 2.22. The molecule has 0 unspecified atom stereocenters. The Kier molecular flexibility index (Phi) is 5.34. The maximum absolute atomic E-state index is 12.5. The molecule has 0 aliphatic carbocycles. The fourth-order valence-electron chi connectivity index (χ4n) is 2.24. The summed E-state index contributed by atoms with van der Waals surface area (Å²) in [4.78, 5) is 29.0. The highest BCUT2D eigenvalue weighted by molar-refractivity contribution is 6.10. The molecule has 2 amide bonds. The van der Waals surface area contributed by atoms with Gasteiger partial charge in [0.2, 0.25) is 11.8 Å². The van der Waals surface area contributed by atoms with Crippen LogP contribution in [0.4, 0.5) is 5.69 Å². The first-order valence-electron chi connectivity index (χ1n) is 7.86. The van der Waals surface area contributed by atoms with Crippen LogP contribution in [0.5, 0.6) is 0 Å². The molecule has 0 saturated heterocycles. The summed E-state index contributed by atoms with van der Waals surface area (Å²) in [6, 6.07) is 9.45. The van der Waals surface area contributed by atoms with Crippen LogP contribution in [0.1, 0.15) is 30.5 Å². The zero-order chi connectivity index (χ0) is 17.7. The van der Waals surface area contributed by atoms with Crippen molar-refractivity contribution in [3.8, 4) is 0 Å². The van der Waals surface area contributed by atoms with Crippen LogP contribution in [0, 0.1) is 19.3 Å². The van der Waals surface area contributed by atoms with Crippen LogP contribution in [-0.4, -0.2) is 16.8 Å². The monoisotopic (exact) mass is 325 g/mol. The number of nitrogens with one attached hydrogen (secondary N) is 2. The Morgan fingerprint density at radius 1 is 1.12 bits per heavy atom. The topological polar surface area (TPSA) is 71.1 Å². The van der Waals surface area contributed by atoms with Crippen molar-refractivity contribution >= 4 is 17.5 Å². The van der Waals surface area contributed by atoms with E-state index in [0.717, 1.165) is 22.4 Å². The van der Waals surface area contributed by atoms with Gasteiger partial charge in [0.1, 0.15) is 5.41 Å². The van der Waals surface area contributed by atoms with E-state index >= 15 is 0 Å². The van der Waals surface area contributed by atoms with Crippen molar-refractivity contribution in [1.82, 2.24) is 10.3 Å². The van der Waals surface area contributed by atoms with Gasteiger partial charge >= 0.3 is 0 Å². The van der Waals surface area contributed by atoms with Crippen LogP contribution < -0.4 is 10.6 Å². The Morgan fingerprint density at radius 3 is 2.50 bits per heavy atom. The number of rotatable bonds is 5. The van der Waals surface area contributed by atoms with Gasteiger partial charge in [-0.15, -0.1) is 0 Å². The van der Waals surface area contributed by atoms with Crippen LogP contribution >= 0.6 is 0 Å². The van der Waals surface area contributed by atoms with Crippen LogP contribution in [0.15, 0.2) is 42.7 Å². The number of anilines is 1. The number of nitrogens with zero attached hydrogens (tertiary/aromatic N) is 1. The van der Waals surface area contributed by atoms with E-state index in [1.165, 1.54) is 0 Å². The van der Waals surface area contributed by atoms with Crippen LogP contribution in [0.3, 0.4) is 0 Å². The lowest BCUT2D eigenvalue weighted by molar-refractivity contribution is -0.138. The number of amides is 2. The number of hydrogen-bond donors (Lipinski definition) is 2. The van der Waals surface area contributed by atoms with Gasteiger partial charge in [-0.2, -0.15) is 0 Å². The molecular weight excluding hydrogens is 302 g/mol. The van der Waals surface area contributed by atoms with Crippen molar-refractivity contribution in [2.45, 2.75) is 34.2 Å². The Labute approximate surface area is 142 Å². The van der Waals surface area contributed by atoms with Crippen molar-refractivity contribution in [2.75, 3.05) is 5.32 Å². The van der Waals surface area contributed by atoms with Gasteiger partial charge in [0.15, 0.2) is 0 Å². The van der Waals surface area contributed by atoms with E-state index in [-0.39, 0.29) is 11.8 Å². The third-order valence-electron chi connectivity index (χ3n) is 3.94. The SMILES string of the molecule is Cc1ccc(NC(=O)C(C)(C)C(=O)NCc2cccnc2)c(C)c1. The quantitative estimate of drug-likeness (QED) is 0.830. The minimum Gasteiger partial charge on any atom is -0.351 e. The van der Waals surface area contributed by atoms with Gasteiger partial charge in [-0.3, -0.25) is 14.6 Å². The molecule has 1 aromatic carbocycles. The van der Waals surface area contributed by atoms with E-state index in [1.807, 2.05) is 38.1 Å². The number of aromatic nitrogens is 1. The first-order chi connectivity index (χ1) is 11.3. The summed E-state index contributed by atoms with van der Waals surface area (Å²) in [5.74, 6) is -0.660. The lowest BCUT2D eigenvalue weighted by Crippen LogP contribution is -2.45. The Balaban J connectivity index is 2.02. The minimum atomic E-state index is -1.18. The standard InChI is InChI=1S/C19H23N3O2/c1-13-7-8-16(14(2)10-13)22-18(24)19(3,4)17(23)21-12-15-6-5-9-20-11-15/h5-11H,12H2,1-4H3,(H,21,23)(H,22,24). The van der Waals surface area contributed by atoms with Crippen LogP contribution in [0.2, 0.25) is 0 Å². The fraction of sp³-hybridized carbons (Fsp3) is 0.316. The smallest absolute Gasteiger partial charge is 0.239 e. The van der Waals surface area contributed by atoms with E-state index in [0.29, 0.717) is 6.54 Å². The fourth-order valence-corrected chi connectivity index (χ4v) is 2.24. The zero-order valence-electron chi connectivity index (χ0n) is 14.5. The molecule has 0 atom stereocenters. The molecule has 0 aliphatic rings. The number of benzene rings is 1.